The fourth-order valence-electron chi connectivity index (χ4n) is 3.19. The van der Waals surface area contributed by atoms with Gasteiger partial charge >= 0.3 is 12.4 Å². The first-order valence-corrected chi connectivity index (χ1v) is 10.1. The van der Waals surface area contributed by atoms with Crippen LogP contribution in [0.15, 0.2) is 23.3 Å². The second-order valence-electron chi connectivity index (χ2n) is 7.43. The van der Waals surface area contributed by atoms with Crippen LogP contribution in [0.2, 0.25) is 0 Å². The summed E-state index contributed by atoms with van der Waals surface area (Å²) in [5, 5.41) is 5.34. The Labute approximate surface area is 188 Å². The maximum absolute atomic E-state index is 12.9. The van der Waals surface area contributed by atoms with Crippen LogP contribution in [0.1, 0.15) is 36.3 Å². The number of aromatic amines is 1. The first kappa shape index (κ1) is 25.4. The molecule has 186 valence electrons. The Morgan fingerprint density at radius 2 is 1.71 bits per heavy atom. The highest BCUT2D eigenvalue weighted by atomic mass is 19.4. The summed E-state index contributed by atoms with van der Waals surface area (Å²) < 4.78 is 81.8. The van der Waals surface area contributed by atoms with Crippen LogP contribution in [0.25, 0.3) is 0 Å². The van der Waals surface area contributed by atoms with Gasteiger partial charge in [-0.2, -0.15) is 31.4 Å². The summed E-state index contributed by atoms with van der Waals surface area (Å²) in [5.74, 6) is -0.130. The van der Waals surface area contributed by atoms with E-state index < -0.39 is 35.1 Å². The molecule has 0 spiro atoms. The number of anilines is 1. The lowest BCUT2D eigenvalue weighted by Gasteiger charge is -2.34. The minimum absolute atomic E-state index is 0.0450. The fourth-order valence-corrected chi connectivity index (χ4v) is 3.19. The number of rotatable bonds is 6. The van der Waals surface area contributed by atoms with Gasteiger partial charge in [-0.15, -0.1) is 0 Å². The lowest BCUT2D eigenvalue weighted by Crippen LogP contribution is -2.49. The zero-order valence-corrected chi connectivity index (χ0v) is 17.8. The van der Waals surface area contributed by atoms with Crippen molar-refractivity contribution >= 4 is 11.9 Å². The molecule has 15 heteroatoms. The van der Waals surface area contributed by atoms with Crippen molar-refractivity contribution in [1.82, 2.24) is 25.1 Å². The predicted molar refractivity (Wildman–Crippen MR) is 105 cm³/mol. The number of alkyl halides is 6. The Kier molecular flexibility index (Phi) is 7.43. The summed E-state index contributed by atoms with van der Waals surface area (Å²) >= 11 is 0. The van der Waals surface area contributed by atoms with Gasteiger partial charge in [0.15, 0.2) is 0 Å². The van der Waals surface area contributed by atoms with E-state index in [4.69, 9.17) is 4.74 Å². The van der Waals surface area contributed by atoms with Crippen LogP contribution in [0.5, 0.6) is 0 Å². The van der Waals surface area contributed by atoms with E-state index in [0.29, 0.717) is 31.5 Å². The van der Waals surface area contributed by atoms with E-state index >= 15 is 0 Å². The number of hydrogen-bond donors (Lipinski definition) is 1. The van der Waals surface area contributed by atoms with Crippen LogP contribution in [0.3, 0.4) is 0 Å². The van der Waals surface area contributed by atoms with E-state index in [1.807, 2.05) is 0 Å². The Balaban J connectivity index is 1.46. The minimum Gasteiger partial charge on any atom is -0.372 e. The number of carbonyl (C=O) groups is 1. The van der Waals surface area contributed by atoms with Crippen molar-refractivity contribution in [2.75, 3.05) is 37.7 Å². The van der Waals surface area contributed by atoms with Gasteiger partial charge in [-0.3, -0.25) is 9.59 Å². The van der Waals surface area contributed by atoms with Crippen LogP contribution >= 0.6 is 0 Å². The van der Waals surface area contributed by atoms with Crippen LogP contribution in [-0.4, -0.2) is 63.8 Å². The molecular weight excluding hydrogens is 474 g/mol. The van der Waals surface area contributed by atoms with Gasteiger partial charge in [-0.25, -0.2) is 15.1 Å². The number of ether oxygens (including phenoxy) is 1. The average Bonchev–Trinajstić information content (AvgIpc) is 2.78. The number of carbonyl (C=O) groups excluding carboxylic acids is 1. The third kappa shape index (κ3) is 6.21. The van der Waals surface area contributed by atoms with Gasteiger partial charge in [-0.1, -0.05) is 0 Å². The summed E-state index contributed by atoms with van der Waals surface area (Å²) in [6.07, 6.45) is -8.91. The number of piperazine rings is 1. The van der Waals surface area contributed by atoms with Gasteiger partial charge in [0.1, 0.15) is 5.56 Å². The topological polar surface area (TPSA) is 104 Å². The quantitative estimate of drug-likeness (QED) is 0.615. The number of nitrogens with one attached hydrogen (secondary N) is 1. The molecule has 1 N–H and O–H groups in total. The first-order chi connectivity index (χ1) is 15.9. The molecule has 0 radical (unpaired) electrons. The van der Waals surface area contributed by atoms with Crippen LogP contribution in [0.4, 0.5) is 32.3 Å². The average molecular weight is 494 g/mol. The van der Waals surface area contributed by atoms with Crippen molar-refractivity contribution in [2.45, 2.75) is 31.8 Å². The number of halogens is 6. The molecule has 3 rings (SSSR count). The monoisotopic (exact) mass is 494 g/mol. The van der Waals surface area contributed by atoms with E-state index in [2.05, 4.69) is 15.1 Å². The molecule has 2 aromatic rings. The summed E-state index contributed by atoms with van der Waals surface area (Å²) in [5.41, 5.74) is -3.84. The molecule has 1 aliphatic heterocycles. The highest BCUT2D eigenvalue weighted by Gasteiger charge is 2.35. The van der Waals surface area contributed by atoms with Crippen molar-refractivity contribution in [3.63, 3.8) is 0 Å². The Morgan fingerprint density at radius 1 is 1.09 bits per heavy atom. The number of aromatic nitrogens is 4. The van der Waals surface area contributed by atoms with Crippen LogP contribution in [-0.2, 0) is 21.9 Å². The molecule has 0 saturated carbocycles. The Hall–Kier alpha value is -3.23. The van der Waals surface area contributed by atoms with Crippen LogP contribution in [0, 0.1) is 0 Å². The predicted octanol–water partition coefficient (Wildman–Crippen LogP) is 2.41. The SMILES string of the molecule is C[C@@H](OCCC(=O)N1CCN(c2ncc(C(F)(F)F)cn2)CC1)c1cc(C(F)(F)F)c(=O)[nH]n1. The summed E-state index contributed by atoms with van der Waals surface area (Å²) in [7, 11) is 0. The molecule has 0 aliphatic carbocycles. The molecule has 34 heavy (non-hydrogen) atoms. The number of nitrogens with zero attached hydrogens (tertiary/aromatic N) is 5. The third-order valence-corrected chi connectivity index (χ3v) is 5.11. The van der Waals surface area contributed by atoms with E-state index in [1.165, 1.54) is 11.8 Å². The summed E-state index contributed by atoms with van der Waals surface area (Å²) in [4.78, 5) is 34.4. The number of amides is 1. The molecule has 3 heterocycles. The molecule has 1 fully saturated rings. The van der Waals surface area contributed by atoms with Crippen molar-refractivity contribution in [1.29, 1.82) is 0 Å². The summed E-state index contributed by atoms with van der Waals surface area (Å²) in [6.45, 7) is 2.55. The fraction of sp³-hybridized carbons (Fsp3) is 0.526. The van der Waals surface area contributed by atoms with Gasteiger partial charge in [0.25, 0.3) is 5.56 Å². The van der Waals surface area contributed by atoms with Crippen molar-refractivity contribution in [3.05, 3.63) is 45.6 Å². The molecule has 1 aliphatic rings. The van der Waals surface area contributed by atoms with Crippen molar-refractivity contribution in [2.24, 2.45) is 0 Å². The lowest BCUT2D eigenvalue weighted by molar-refractivity contribution is -0.139. The van der Waals surface area contributed by atoms with E-state index in [1.54, 1.807) is 10.00 Å². The molecule has 0 unspecified atom stereocenters. The standard InChI is InChI=1S/C19H20F6N6O3/c1-11(14-8-13(19(23,24)25)16(33)29-28-14)34-7-2-15(32)30-3-5-31(6-4-30)17-26-9-12(10-27-17)18(20,21)22/h8-11H,2-7H2,1H3,(H,29,33)/t11-/m1/s1. The zero-order chi connectivity index (χ0) is 25.1. The van der Waals surface area contributed by atoms with Gasteiger partial charge in [0.2, 0.25) is 11.9 Å². The molecule has 2 aromatic heterocycles. The first-order valence-electron chi connectivity index (χ1n) is 10.1. The van der Waals surface area contributed by atoms with Gasteiger partial charge in [0, 0.05) is 38.6 Å². The third-order valence-electron chi connectivity index (χ3n) is 5.11. The minimum atomic E-state index is -4.84. The zero-order valence-electron chi connectivity index (χ0n) is 17.8. The Morgan fingerprint density at radius 3 is 2.26 bits per heavy atom. The molecule has 9 nitrogen and oxygen atoms in total. The molecule has 1 atom stereocenters. The molecular formula is C19H20F6N6O3. The van der Waals surface area contributed by atoms with Gasteiger partial charge in [0.05, 0.1) is 30.4 Å². The molecule has 1 amide bonds. The highest BCUT2D eigenvalue weighted by Crippen LogP contribution is 2.29. The van der Waals surface area contributed by atoms with E-state index in [0.717, 1.165) is 0 Å². The lowest BCUT2D eigenvalue weighted by atomic mass is 10.2. The smallest absolute Gasteiger partial charge is 0.372 e. The molecule has 1 saturated heterocycles. The largest absolute Gasteiger partial charge is 0.421 e. The van der Waals surface area contributed by atoms with E-state index in [-0.39, 0.29) is 43.7 Å². The summed E-state index contributed by atoms with van der Waals surface area (Å²) in [6, 6.07) is 0.605. The van der Waals surface area contributed by atoms with Crippen molar-refractivity contribution < 1.29 is 35.9 Å². The second-order valence-corrected chi connectivity index (χ2v) is 7.43. The van der Waals surface area contributed by atoms with Gasteiger partial charge in [-0.05, 0) is 13.0 Å². The maximum atomic E-state index is 12.9. The van der Waals surface area contributed by atoms with Gasteiger partial charge < -0.3 is 14.5 Å². The normalized spacial score (nSPS) is 16.0. The van der Waals surface area contributed by atoms with Crippen LogP contribution < -0.4 is 10.5 Å². The maximum Gasteiger partial charge on any atom is 0.421 e. The number of H-pyrrole nitrogens is 1. The molecule has 0 bridgehead atoms. The number of hydrogen-bond acceptors (Lipinski definition) is 7. The highest BCUT2D eigenvalue weighted by molar-refractivity contribution is 5.76. The van der Waals surface area contributed by atoms with Crippen molar-refractivity contribution in [3.8, 4) is 0 Å². The van der Waals surface area contributed by atoms with E-state index in [9.17, 15) is 35.9 Å². The molecule has 0 aromatic carbocycles. The Bertz CT molecular complexity index is 1050. The second kappa shape index (κ2) is 9.95.